The van der Waals surface area contributed by atoms with Crippen LogP contribution in [0, 0.1) is 12.3 Å². The lowest BCUT2D eigenvalue weighted by atomic mass is 10.2. The van der Waals surface area contributed by atoms with E-state index < -0.39 is 0 Å². The largest absolute Gasteiger partial charge is 0.377 e. The molecule has 1 atom stereocenters. The maximum Gasteiger partial charge on any atom is 0.253 e. The molecule has 1 aliphatic heterocycles. The second-order valence-electron chi connectivity index (χ2n) is 4.33. The molecule has 1 aromatic rings. The summed E-state index contributed by atoms with van der Waals surface area (Å²) < 4.78 is 5.59. The van der Waals surface area contributed by atoms with Gasteiger partial charge in [-0.1, -0.05) is 18.1 Å². The molecule has 100 valence electrons. The minimum atomic E-state index is -0.117. The standard InChI is InChI=1S/C15H17NO2S/c1-2-9-16-15(17)13-7-3-4-8-14(13)19-11-12-6-5-10-18-12/h1,3-4,7-8,12H,5-6,9-11H2,(H,16,17). The second kappa shape index (κ2) is 7.22. The van der Waals surface area contributed by atoms with E-state index in [4.69, 9.17) is 11.2 Å². The van der Waals surface area contributed by atoms with Crippen molar-refractivity contribution >= 4 is 17.7 Å². The predicted molar refractivity (Wildman–Crippen MR) is 77.3 cm³/mol. The molecule has 1 saturated heterocycles. The van der Waals surface area contributed by atoms with E-state index in [1.165, 1.54) is 0 Å². The molecule has 1 fully saturated rings. The molecule has 1 N–H and O–H groups in total. The van der Waals surface area contributed by atoms with E-state index in [-0.39, 0.29) is 12.5 Å². The molecule has 0 radical (unpaired) electrons. The minimum absolute atomic E-state index is 0.117. The fourth-order valence-corrected chi connectivity index (χ4v) is 3.08. The van der Waals surface area contributed by atoms with Crippen LogP contribution in [0.2, 0.25) is 0 Å². The SMILES string of the molecule is C#CCNC(=O)c1ccccc1SCC1CCCO1. The fraction of sp³-hybridized carbons (Fsp3) is 0.400. The molecule has 0 spiro atoms. The number of amides is 1. The Morgan fingerprint density at radius 2 is 2.37 bits per heavy atom. The molecule has 1 aromatic carbocycles. The molecule has 0 saturated carbocycles. The number of terminal acetylenes is 1. The number of thioether (sulfide) groups is 1. The van der Waals surface area contributed by atoms with Crippen molar-refractivity contribution in [3.05, 3.63) is 29.8 Å². The van der Waals surface area contributed by atoms with Crippen molar-refractivity contribution in [3.8, 4) is 12.3 Å². The fourth-order valence-electron chi connectivity index (χ4n) is 1.97. The van der Waals surface area contributed by atoms with Crippen molar-refractivity contribution in [1.29, 1.82) is 0 Å². The highest BCUT2D eigenvalue weighted by Crippen LogP contribution is 2.26. The van der Waals surface area contributed by atoms with Crippen molar-refractivity contribution in [2.24, 2.45) is 0 Å². The highest BCUT2D eigenvalue weighted by Gasteiger charge is 2.17. The van der Waals surface area contributed by atoms with E-state index in [1.54, 1.807) is 11.8 Å². The van der Waals surface area contributed by atoms with Crippen molar-refractivity contribution in [3.63, 3.8) is 0 Å². The third kappa shape index (κ3) is 4.02. The number of rotatable bonds is 5. The first-order chi connectivity index (χ1) is 9.31. The highest BCUT2D eigenvalue weighted by atomic mass is 32.2. The molecular weight excluding hydrogens is 258 g/mol. The number of nitrogens with one attached hydrogen (secondary N) is 1. The van der Waals surface area contributed by atoms with Gasteiger partial charge in [0.2, 0.25) is 0 Å². The Morgan fingerprint density at radius 1 is 1.53 bits per heavy atom. The predicted octanol–water partition coefficient (Wildman–Crippen LogP) is 2.32. The van der Waals surface area contributed by atoms with Gasteiger partial charge in [-0.15, -0.1) is 18.2 Å². The van der Waals surface area contributed by atoms with E-state index in [2.05, 4.69) is 11.2 Å². The second-order valence-corrected chi connectivity index (χ2v) is 5.39. The number of hydrogen-bond donors (Lipinski definition) is 1. The Bertz CT molecular complexity index is 475. The van der Waals surface area contributed by atoms with E-state index in [0.717, 1.165) is 30.1 Å². The number of carbonyl (C=O) groups is 1. The van der Waals surface area contributed by atoms with Gasteiger partial charge in [0, 0.05) is 17.3 Å². The normalized spacial score (nSPS) is 17.9. The topological polar surface area (TPSA) is 38.3 Å². The molecule has 1 unspecified atom stereocenters. The number of benzene rings is 1. The van der Waals surface area contributed by atoms with Gasteiger partial charge in [0.05, 0.1) is 18.2 Å². The number of hydrogen-bond acceptors (Lipinski definition) is 3. The molecular formula is C15H17NO2S. The molecule has 1 aliphatic rings. The van der Waals surface area contributed by atoms with Crippen LogP contribution >= 0.6 is 11.8 Å². The first-order valence-corrected chi connectivity index (χ1v) is 7.35. The summed E-state index contributed by atoms with van der Waals surface area (Å²) in [4.78, 5) is 12.9. The number of carbonyl (C=O) groups excluding carboxylic acids is 1. The van der Waals surface area contributed by atoms with E-state index >= 15 is 0 Å². The Kier molecular flexibility index (Phi) is 5.31. The van der Waals surface area contributed by atoms with Gasteiger partial charge in [0.1, 0.15) is 0 Å². The average molecular weight is 275 g/mol. The van der Waals surface area contributed by atoms with Crippen LogP contribution in [-0.4, -0.2) is 30.9 Å². The van der Waals surface area contributed by atoms with Crippen molar-refractivity contribution in [2.75, 3.05) is 18.9 Å². The molecule has 0 aliphatic carbocycles. The lowest BCUT2D eigenvalue weighted by molar-refractivity contribution is 0.0955. The molecule has 4 heteroatoms. The molecule has 2 rings (SSSR count). The Labute approximate surface area is 118 Å². The zero-order valence-corrected chi connectivity index (χ0v) is 11.5. The van der Waals surface area contributed by atoms with Crippen LogP contribution in [0.1, 0.15) is 23.2 Å². The van der Waals surface area contributed by atoms with Crippen LogP contribution in [0.5, 0.6) is 0 Å². The molecule has 1 amide bonds. The Balaban J connectivity index is 1.99. The third-order valence-corrected chi connectivity index (χ3v) is 4.14. The monoisotopic (exact) mass is 275 g/mol. The zero-order valence-electron chi connectivity index (χ0n) is 10.7. The van der Waals surface area contributed by atoms with Gasteiger partial charge in [0.25, 0.3) is 5.91 Å². The zero-order chi connectivity index (χ0) is 13.5. The van der Waals surface area contributed by atoms with Crippen molar-refractivity contribution in [1.82, 2.24) is 5.32 Å². The summed E-state index contributed by atoms with van der Waals surface area (Å²) in [5, 5.41) is 2.70. The van der Waals surface area contributed by atoms with Crippen LogP contribution in [0.15, 0.2) is 29.2 Å². The molecule has 19 heavy (non-hydrogen) atoms. The number of ether oxygens (including phenoxy) is 1. The van der Waals surface area contributed by atoms with Gasteiger partial charge >= 0.3 is 0 Å². The van der Waals surface area contributed by atoms with Crippen LogP contribution in [-0.2, 0) is 4.74 Å². The van der Waals surface area contributed by atoms with E-state index in [0.29, 0.717) is 11.7 Å². The summed E-state index contributed by atoms with van der Waals surface area (Å²) in [6.07, 6.45) is 7.70. The summed E-state index contributed by atoms with van der Waals surface area (Å²) in [5.41, 5.74) is 0.681. The van der Waals surface area contributed by atoms with Gasteiger partial charge in [-0.2, -0.15) is 0 Å². The maximum atomic E-state index is 12.0. The summed E-state index contributed by atoms with van der Waals surface area (Å²) in [6, 6.07) is 7.59. The summed E-state index contributed by atoms with van der Waals surface area (Å²) in [5.74, 6) is 3.18. The van der Waals surface area contributed by atoms with E-state index in [1.807, 2.05) is 24.3 Å². The summed E-state index contributed by atoms with van der Waals surface area (Å²) in [7, 11) is 0. The molecule has 3 nitrogen and oxygen atoms in total. The van der Waals surface area contributed by atoms with Crippen LogP contribution in [0.4, 0.5) is 0 Å². The first kappa shape index (κ1) is 14.0. The first-order valence-electron chi connectivity index (χ1n) is 6.36. The van der Waals surface area contributed by atoms with Crippen LogP contribution < -0.4 is 5.32 Å². The summed E-state index contributed by atoms with van der Waals surface area (Å²) in [6.45, 7) is 1.11. The Morgan fingerprint density at radius 3 is 3.11 bits per heavy atom. The molecule has 1 heterocycles. The quantitative estimate of drug-likeness (QED) is 0.662. The van der Waals surface area contributed by atoms with Gasteiger partial charge < -0.3 is 10.1 Å². The van der Waals surface area contributed by atoms with E-state index in [9.17, 15) is 4.79 Å². The minimum Gasteiger partial charge on any atom is -0.377 e. The lowest BCUT2D eigenvalue weighted by Crippen LogP contribution is -2.24. The van der Waals surface area contributed by atoms with Gasteiger partial charge in [-0.25, -0.2) is 0 Å². The maximum absolute atomic E-state index is 12.0. The summed E-state index contributed by atoms with van der Waals surface area (Å²) >= 11 is 1.67. The van der Waals surface area contributed by atoms with Gasteiger partial charge in [-0.05, 0) is 25.0 Å². The van der Waals surface area contributed by atoms with Crippen LogP contribution in [0.25, 0.3) is 0 Å². The smallest absolute Gasteiger partial charge is 0.253 e. The van der Waals surface area contributed by atoms with Gasteiger partial charge in [0.15, 0.2) is 0 Å². The molecule has 0 bridgehead atoms. The average Bonchev–Trinajstić information content (AvgIpc) is 2.96. The van der Waals surface area contributed by atoms with Crippen molar-refractivity contribution < 1.29 is 9.53 Å². The van der Waals surface area contributed by atoms with Gasteiger partial charge in [-0.3, -0.25) is 4.79 Å². The van der Waals surface area contributed by atoms with Crippen LogP contribution in [0.3, 0.4) is 0 Å². The third-order valence-electron chi connectivity index (χ3n) is 2.93. The molecule has 0 aromatic heterocycles. The lowest BCUT2D eigenvalue weighted by Gasteiger charge is -2.11. The van der Waals surface area contributed by atoms with Crippen molar-refractivity contribution in [2.45, 2.75) is 23.8 Å². The highest BCUT2D eigenvalue weighted by molar-refractivity contribution is 7.99. The Hall–Kier alpha value is -1.44.